The number of nitrogens with two attached hydrogens (primary N) is 4. The van der Waals surface area contributed by atoms with Gasteiger partial charge in [-0.1, -0.05) is 36.4 Å². The summed E-state index contributed by atoms with van der Waals surface area (Å²) in [5.74, 6) is 0. The van der Waals surface area contributed by atoms with Crippen LogP contribution < -0.4 is 22.9 Å². The molecule has 0 saturated heterocycles. The summed E-state index contributed by atoms with van der Waals surface area (Å²) in [5, 5.41) is 0. The molecule has 0 fully saturated rings. The molecule has 0 aliphatic rings. The number of nitrogen functional groups attached to an aromatic ring is 2. The Morgan fingerprint density at radius 1 is 0.650 bits per heavy atom. The lowest BCUT2D eigenvalue weighted by molar-refractivity contribution is 1.28. The van der Waals surface area contributed by atoms with Gasteiger partial charge >= 0.3 is 0 Å². The van der Waals surface area contributed by atoms with Gasteiger partial charge in [0.15, 0.2) is 0 Å². The first-order valence-electron chi connectivity index (χ1n) is 6.21. The first kappa shape index (κ1) is 13.5. The maximum Gasteiger partial charge on any atom is 0.0554 e. The fourth-order valence-corrected chi connectivity index (χ4v) is 1.79. The Bertz CT molecular complexity index is 612. The van der Waals surface area contributed by atoms with E-state index in [9.17, 15) is 0 Å². The average Bonchev–Trinajstić information content (AvgIpc) is 2.43. The molecule has 0 aliphatic carbocycles. The summed E-state index contributed by atoms with van der Waals surface area (Å²) >= 11 is 0. The van der Waals surface area contributed by atoms with E-state index in [4.69, 9.17) is 22.9 Å². The van der Waals surface area contributed by atoms with Crippen molar-refractivity contribution < 1.29 is 0 Å². The van der Waals surface area contributed by atoms with Crippen LogP contribution in [0, 0.1) is 0 Å². The molecule has 2 aromatic rings. The van der Waals surface area contributed by atoms with Crippen LogP contribution in [0.25, 0.3) is 12.2 Å². The molecule has 8 N–H and O–H groups in total. The number of benzene rings is 2. The molecule has 0 bridgehead atoms. The summed E-state index contributed by atoms with van der Waals surface area (Å²) < 4.78 is 0. The predicted octanol–water partition coefficient (Wildman–Crippen LogP) is 2.15. The molecule has 0 aliphatic heterocycles. The van der Waals surface area contributed by atoms with Gasteiger partial charge in [-0.05, 0) is 35.4 Å². The van der Waals surface area contributed by atoms with Crippen LogP contribution in [0.5, 0.6) is 0 Å². The molecule has 0 aromatic heterocycles. The van der Waals surface area contributed by atoms with Crippen molar-refractivity contribution in [3.05, 3.63) is 71.1 Å². The Kier molecular flexibility index (Phi) is 3.96. The summed E-state index contributed by atoms with van der Waals surface area (Å²) in [7, 11) is 0. The van der Waals surface area contributed by atoms with E-state index in [1.807, 2.05) is 48.5 Å². The van der Waals surface area contributed by atoms with Crippen molar-refractivity contribution in [2.24, 2.45) is 11.5 Å². The van der Waals surface area contributed by atoms with E-state index < -0.39 is 0 Å². The van der Waals surface area contributed by atoms with Crippen molar-refractivity contribution in [3.63, 3.8) is 0 Å². The molecule has 0 radical (unpaired) electrons. The van der Waals surface area contributed by atoms with Crippen molar-refractivity contribution in [1.29, 1.82) is 0 Å². The van der Waals surface area contributed by atoms with Gasteiger partial charge in [-0.2, -0.15) is 0 Å². The molecular weight excluding hydrogens is 248 g/mol. The number of anilines is 2. The summed E-state index contributed by atoms with van der Waals surface area (Å²) in [6.45, 7) is 0. The van der Waals surface area contributed by atoms with Crippen LogP contribution in [-0.4, -0.2) is 0 Å². The lowest BCUT2D eigenvalue weighted by atomic mass is 10.1. The van der Waals surface area contributed by atoms with Crippen LogP contribution in [0.3, 0.4) is 0 Å². The summed E-state index contributed by atoms with van der Waals surface area (Å²) in [6.07, 6.45) is 3.50. The standard InChI is InChI=1S/C16H18N4/c17-13-7-3-1-5-11(13)9-15(19)16(20)10-12-6-2-4-8-14(12)18/h1-10H,17-20H2. The molecule has 0 unspecified atom stereocenters. The number of hydrogen-bond acceptors (Lipinski definition) is 4. The second kappa shape index (κ2) is 5.84. The SMILES string of the molecule is NC(=Cc1ccccc1N)C(N)=Cc1ccccc1N. The minimum atomic E-state index is 0.450. The largest absolute Gasteiger partial charge is 0.398 e. The Morgan fingerprint density at radius 3 is 1.35 bits per heavy atom. The van der Waals surface area contributed by atoms with Crippen LogP contribution in [0.15, 0.2) is 59.9 Å². The Morgan fingerprint density at radius 2 is 1.00 bits per heavy atom. The van der Waals surface area contributed by atoms with Crippen molar-refractivity contribution in [2.75, 3.05) is 11.5 Å². The van der Waals surface area contributed by atoms with E-state index in [1.165, 1.54) is 0 Å². The third kappa shape index (κ3) is 3.11. The number of para-hydroxylation sites is 2. The average molecular weight is 266 g/mol. The van der Waals surface area contributed by atoms with Gasteiger partial charge in [0.2, 0.25) is 0 Å². The first-order chi connectivity index (χ1) is 9.58. The highest BCUT2D eigenvalue weighted by molar-refractivity contribution is 5.73. The van der Waals surface area contributed by atoms with Gasteiger partial charge < -0.3 is 22.9 Å². The van der Waals surface area contributed by atoms with Gasteiger partial charge in [-0.25, -0.2) is 0 Å². The quantitative estimate of drug-likeness (QED) is 0.504. The molecule has 102 valence electrons. The number of rotatable bonds is 3. The van der Waals surface area contributed by atoms with E-state index in [0.29, 0.717) is 22.8 Å². The maximum atomic E-state index is 5.99. The van der Waals surface area contributed by atoms with Crippen molar-refractivity contribution in [2.45, 2.75) is 0 Å². The Balaban J connectivity index is 2.32. The fraction of sp³-hybridized carbons (Fsp3) is 0. The van der Waals surface area contributed by atoms with Crippen LogP contribution in [0.2, 0.25) is 0 Å². The molecule has 2 rings (SSSR count). The topological polar surface area (TPSA) is 104 Å². The minimum absolute atomic E-state index is 0.450. The van der Waals surface area contributed by atoms with E-state index in [0.717, 1.165) is 11.1 Å². The van der Waals surface area contributed by atoms with E-state index >= 15 is 0 Å². The highest BCUT2D eigenvalue weighted by atomic mass is 14.7. The van der Waals surface area contributed by atoms with Crippen LogP contribution in [0.4, 0.5) is 11.4 Å². The molecule has 0 saturated carbocycles. The number of hydrogen-bond donors (Lipinski definition) is 4. The van der Waals surface area contributed by atoms with Gasteiger partial charge in [-0.3, -0.25) is 0 Å². The van der Waals surface area contributed by atoms with Gasteiger partial charge in [0.25, 0.3) is 0 Å². The van der Waals surface area contributed by atoms with Crippen LogP contribution in [-0.2, 0) is 0 Å². The Hall–Kier alpha value is -2.88. The molecule has 4 nitrogen and oxygen atoms in total. The monoisotopic (exact) mass is 266 g/mol. The highest BCUT2D eigenvalue weighted by Crippen LogP contribution is 2.18. The first-order valence-corrected chi connectivity index (χ1v) is 6.21. The molecule has 2 aromatic carbocycles. The second-order valence-corrected chi connectivity index (χ2v) is 4.46. The molecule has 20 heavy (non-hydrogen) atoms. The van der Waals surface area contributed by atoms with Crippen LogP contribution in [0.1, 0.15) is 11.1 Å². The van der Waals surface area contributed by atoms with Crippen molar-refractivity contribution in [3.8, 4) is 0 Å². The third-order valence-corrected chi connectivity index (χ3v) is 2.95. The van der Waals surface area contributed by atoms with Gasteiger partial charge in [0.05, 0.1) is 11.4 Å². The molecule has 0 spiro atoms. The maximum absolute atomic E-state index is 5.99. The van der Waals surface area contributed by atoms with Gasteiger partial charge in [0, 0.05) is 11.4 Å². The van der Waals surface area contributed by atoms with E-state index in [-0.39, 0.29) is 0 Å². The van der Waals surface area contributed by atoms with Crippen molar-refractivity contribution in [1.82, 2.24) is 0 Å². The minimum Gasteiger partial charge on any atom is -0.398 e. The van der Waals surface area contributed by atoms with Gasteiger partial charge in [0.1, 0.15) is 0 Å². The molecule has 0 heterocycles. The zero-order chi connectivity index (χ0) is 14.5. The molecular formula is C16H18N4. The lowest BCUT2D eigenvalue weighted by Crippen LogP contribution is -2.09. The second-order valence-electron chi connectivity index (χ2n) is 4.46. The summed E-state index contributed by atoms with van der Waals surface area (Å²) in [5.41, 5.74) is 27.6. The van der Waals surface area contributed by atoms with E-state index in [2.05, 4.69) is 0 Å². The summed E-state index contributed by atoms with van der Waals surface area (Å²) in [4.78, 5) is 0. The normalized spacial score (nSPS) is 12.4. The molecule has 4 heteroatoms. The summed E-state index contributed by atoms with van der Waals surface area (Å²) in [6, 6.07) is 14.9. The smallest absolute Gasteiger partial charge is 0.0554 e. The lowest BCUT2D eigenvalue weighted by Gasteiger charge is -2.06. The van der Waals surface area contributed by atoms with Crippen LogP contribution >= 0.6 is 0 Å². The molecule has 0 amide bonds. The Labute approximate surface area is 118 Å². The zero-order valence-corrected chi connectivity index (χ0v) is 11.1. The predicted molar refractivity (Wildman–Crippen MR) is 86.0 cm³/mol. The van der Waals surface area contributed by atoms with E-state index in [1.54, 1.807) is 12.2 Å². The van der Waals surface area contributed by atoms with Gasteiger partial charge in [-0.15, -0.1) is 0 Å². The fourth-order valence-electron chi connectivity index (χ4n) is 1.79. The van der Waals surface area contributed by atoms with Crippen molar-refractivity contribution >= 4 is 23.5 Å². The molecule has 0 atom stereocenters. The zero-order valence-electron chi connectivity index (χ0n) is 11.1. The third-order valence-electron chi connectivity index (χ3n) is 2.95. The highest BCUT2D eigenvalue weighted by Gasteiger charge is 2.01.